The molecule has 1 amide bonds. The summed E-state index contributed by atoms with van der Waals surface area (Å²) in [5, 5.41) is 6.87. The number of aryl methyl sites for hydroxylation is 1. The molecular weight excluding hydrogens is 546 g/mol. The zero-order chi connectivity index (χ0) is 30.3. The van der Waals surface area contributed by atoms with Gasteiger partial charge in [0.15, 0.2) is 0 Å². The smallest absolute Gasteiger partial charge is 0.243 e. The quantitative estimate of drug-likeness (QED) is 0.301. The zero-order valence-electron chi connectivity index (χ0n) is 25.5. The normalized spacial score (nSPS) is 16.7. The van der Waals surface area contributed by atoms with Crippen molar-refractivity contribution in [1.29, 1.82) is 0 Å². The topological polar surface area (TPSA) is 104 Å². The number of benzene rings is 2. The van der Waals surface area contributed by atoms with Gasteiger partial charge in [0.2, 0.25) is 15.9 Å². The number of amides is 1. The molecule has 42 heavy (non-hydrogen) atoms. The van der Waals surface area contributed by atoms with Crippen LogP contribution in [-0.4, -0.2) is 53.8 Å². The molecule has 1 saturated carbocycles. The molecule has 1 fully saturated rings. The van der Waals surface area contributed by atoms with E-state index in [0.717, 1.165) is 42.5 Å². The molecule has 1 heterocycles. The van der Waals surface area contributed by atoms with E-state index in [1.807, 2.05) is 64.1 Å². The highest BCUT2D eigenvalue weighted by Gasteiger charge is 2.30. The summed E-state index contributed by atoms with van der Waals surface area (Å²) in [6, 6.07) is 17.6. The van der Waals surface area contributed by atoms with Crippen LogP contribution in [0.5, 0.6) is 0 Å². The maximum absolute atomic E-state index is 13.5. The Hall–Kier alpha value is -3.14. The van der Waals surface area contributed by atoms with Crippen LogP contribution in [0.25, 0.3) is 0 Å². The first-order chi connectivity index (χ1) is 20.1. The zero-order valence-corrected chi connectivity index (χ0v) is 26.3. The van der Waals surface area contributed by atoms with Crippen LogP contribution in [0, 0.1) is 12.8 Å². The van der Waals surface area contributed by atoms with Gasteiger partial charge in [-0.15, -0.1) is 0 Å². The van der Waals surface area contributed by atoms with Crippen molar-refractivity contribution in [2.75, 3.05) is 7.05 Å². The number of likely N-dealkylation sites (N-methyl/N-ethyl adjacent to an activating group) is 1. The Balaban J connectivity index is 1.56. The van der Waals surface area contributed by atoms with Crippen molar-refractivity contribution in [3.8, 4) is 0 Å². The number of nitrogens with zero attached hydrogens (tertiary/aromatic N) is 3. The van der Waals surface area contributed by atoms with Crippen LogP contribution in [0.15, 0.2) is 71.8 Å². The molecule has 0 radical (unpaired) electrons. The Labute approximate surface area is 251 Å². The minimum absolute atomic E-state index is 0.00513. The Bertz CT molecular complexity index is 1410. The molecule has 0 saturated heterocycles. The average molecular weight is 592 g/mol. The highest BCUT2D eigenvalue weighted by molar-refractivity contribution is 7.89. The lowest BCUT2D eigenvalue weighted by molar-refractivity contribution is -0.125. The highest BCUT2D eigenvalue weighted by Crippen LogP contribution is 2.24. The summed E-state index contributed by atoms with van der Waals surface area (Å²) < 4.78 is 27.9. The molecule has 226 valence electrons. The van der Waals surface area contributed by atoms with Gasteiger partial charge < -0.3 is 5.32 Å². The Morgan fingerprint density at radius 1 is 0.976 bits per heavy atom. The molecule has 1 aliphatic carbocycles. The van der Waals surface area contributed by atoms with Gasteiger partial charge in [-0.25, -0.2) is 18.4 Å². The summed E-state index contributed by atoms with van der Waals surface area (Å²) in [6.45, 7) is 7.90. The summed E-state index contributed by atoms with van der Waals surface area (Å²) in [5.74, 6) is 0.597. The van der Waals surface area contributed by atoms with Crippen LogP contribution >= 0.6 is 0 Å². The Morgan fingerprint density at radius 3 is 2.29 bits per heavy atom. The highest BCUT2D eigenvalue weighted by atomic mass is 32.2. The van der Waals surface area contributed by atoms with Crippen molar-refractivity contribution in [3.63, 3.8) is 0 Å². The SMILES string of the molecule is Cc1ccc(S(=O)(=O)N(C)[C@@H](C)Cc2ccnc([C@H](N[C@H](C(=O)NC3CCCCC3)C(C)C)c3ccccc3)n2)cc1. The summed E-state index contributed by atoms with van der Waals surface area (Å²) in [5.41, 5.74) is 2.69. The van der Waals surface area contributed by atoms with E-state index in [1.54, 1.807) is 37.5 Å². The van der Waals surface area contributed by atoms with Gasteiger partial charge >= 0.3 is 0 Å². The second kappa shape index (κ2) is 14.4. The number of nitrogens with one attached hydrogen (secondary N) is 2. The second-order valence-electron chi connectivity index (χ2n) is 11.9. The average Bonchev–Trinajstić information content (AvgIpc) is 2.98. The van der Waals surface area contributed by atoms with Gasteiger partial charge in [-0.3, -0.25) is 10.1 Å². The lowest BCUT2D eigenvalue weighted by Crippen LogP contribution is -2.52. The maximum Gasteiger partial charge on any atom is 0.243 e. The van der Waals surface area contributed by atoms with Crippen molar-refractivity contribution >= 4 is 15.9 Å². The molecule has 3 atom stereocenters. The lowest BCUT2D eigenvalue weighted by Gasteiger charge is -2.30. The monoisotopic (exact) mass is 591 g/mol. The van der Waals surface area contributed by atoms with Gasteiger partial charge in [-0.2, -0.15) is 4.31 Å². The number of aromatic nitrogens is 2. The van der Waals surface area contributed by atoms with Gasteiger partial charge in [-0.1, -0.05) is 81.1 Å². The molecule has 4 rings (SSSR count). The van der Waals surface area contributed by atoms with E-state index in [9.17, 15) is 13.2 Å². The maximum atomic E-state index is 13.5. The largest absolute Gasteiger partial charge is 0.352 e. The van der Waals surface area contributed by atoms with Crippen molar-refractivity contribution in [3.05, 3.63) is 89.5 Å². The first-order valence-corrected chi connectivity index (χ1v) is 16.5. The molecule has 0 unspecified atom stereocenters. The van der Waals surface area contributed by atoms with E-state index in [2.05, 4.69) is 15.6 Å². The number of hydrogen-bond acceptors (Lipinski definition) is 6. The number of carbonyl (C=O) groups excluding carboxylic acids is 1. The number of rotatable bonds is 12. The van der Waals surface area contributed by atoms with E-state index < -0.39 is 22.1 Å². The van der Waals surface area contributed by atoms with Crippen LogP contribution in [0.4, 0.5) is 0 Å². The van der Waals surface area contributed by atoms with Crippen molar-refractivity contribution < 1.29 is 13.2 Å². The molecule has 8 nitrogen and oxygen atoms in total. The standard InChI is InChI=1S/C33H45N5O3S/c1-23(2)30(33(39)36-27-14-10-7-11-15-27)37-31(26-12-8-6-9-13-26)32-34-21-20-28(35-32)22-25(4)38(5)42(40,41)29-18-16-24(3)17-19-29/h6,8-9,12-13,16-21,23,25,27,30-31,37H,7,10-11,14-15,22H2,1-5H3,(H,36,39)/t25-,30-,31+/m0/s1. The molecule has 0 spiro atoms. The third-order valence-corrected chi connectivity index (χ3v) is 10.2. The Morgan fingerprint density at radius 2 is 1.64 bits per heavy atom. The fourth-order valence-electron chi connectivity index (χ4n) is 5.46. The van der Waals surface area contributed by atoms with Crippen LogP contribution in [0.1, 0.15) is 81.6 Å². The first-order valence-electron chi connectivity index (χ1n) is 15.0. The van der Waals surface area contributed by atoms with Crippen LogP contribution < -0.4 is 10.6 Å². The fourth-order valence-corrected chi connectivity index (χ4v) is 6.82. The first kappa shape index (κ1) is 31.8. The van der Waals surface area contributed by atoms with Crippen molar-refractivity contribution in [2.45, 2.75) is 95.3 Å². The van der Waals surface area contributed by atoms with Crippen molar-refractivity contribution in [1.82, 2.24) is 24.9 Å². The van der Waals surface area contributed by atoms with E-state index >= 15 is 0 Å². The molecule has 1 aliphatic rings. The van der Waals surface area contributed by atoms with Gasteiger partial charge in [0.05, 0.1) is 17.0 Å². The summed E-state index contributed by atoms with van der Waals surface area (Å²) in [6.07, 6.45) is 7.70. The van der Waals surface area contributed by atoms with E-state index in [0.29, 0.717) is 12.2 Å². The lowest BCUT2D eigenvalue weighted by atomic mass is 9.94. The Kier molecular flexibility index (Phi) is 10.9. The third-order valence-electron chi connectivity index (χ3n) is 8.19. The predicted molar refractivity (Wildman–Crippen MR) is 166 cm³/mol. The summed E-state index contributed by atoms with van der Waals surface area (Å²) in [7, 11) is -2.05. The van der Waals surface area contributed by atoms with Crippen molar-refractivity contribution in [2.24, 2.45) is 5.92 Å². The number of carbonyl (C=O) groups is 1. The van der Waals surface area contributed by atoms with Crippen LogP contribution in [0.2, 0.25) is 0 Å². The van der Waals surface area contributed by atoms with Crippen LogP contribution in [0.3, 0.4) is 0 Å². The van der Waals surface area contributed by atoms with E-state index in [4.69, 9.17) is 4.98 Å². The molecule has 9 heteroatoms. The van der Waals surface area contributed by atoms with E-state index in [-0.39, 0.29) is 28.8 Å². The number of sulfonamides is 1. The molecule has 2 N–H and O–H groups in total. The second-order valence-corrected chi connectivity index (χ2v) is 13.9. The molecular formula is C33H45N5O3S. The predicted octanol–water partition coefficient (Wildman–Crippen LogP) is 5.19. The minimum Gasteiger partial charge on any atom is -0.352 e. The molecule has 3 aromatic rings. The van der Waals surface area contributed by atoms with Gasteiger partial charge in [0, 0.05) is 37.4 Å². The van der Waals surface area contributed by atoms with Gasteiger partial charge in [-0.05, 0) is 56.4 Å². The third kappa shape index (κ3) is 8.02. The van der Waals surface area contributed by atoms with Gasteiger partial charge in [0.25, 0.3) is 0 Å². The molecule has 2 aromatic carbocycles. The fraction of sp³-hybridized carbons (Fsp3) is 0.485. The summed E-state index contributed by atoms with van der Waals surface area (Å²) >= 11 is 0. The molecule has 0 aliphatic heterocycles. The molecule has 1 aromatic heterocycles. The minimum atomic E-state index is -3.66. The van der Waals surface area contributed by atoms with Gasteiger partial charge in [0.1, 0.15) is 5.82 Å². The number of hydrogen-bond donors (Lipinski definition) is 2. The van der Waals surface area contributed by atoms with E-state index in [1.165, 1.54) is 10.7 Å². The summed E-state index contributed by atoms with van der Waals surface area (Å²) in [4.78, 5) is 23.3. The van der Waals surface area contributed by atoms with Crippen LogP contribution in [-0.2, 0) is 21.2 Å². The molecule has 0 bridgehead atoms.